The summed E-state index contributed by atoms with van der Waals surface area (Å²) in [7, 11) is 1.25. The van der Waals surface area contributed by atoms with Crippen LogP contribution < -0.4 is 16.0 Å². The zero-order valence-corrected chi connectivity index (χ0v) is 28.3. The van der Waals surface area contributed by atoms with Crippen LogP contribution in [-0.2, 0) is 44.8 Å². The van der Waals surface area contributed by atoms with Crippen molar-refractivity contribution in [1.29, 1.82) is 0 Å². The molecule has 1 fully saturated rings. The summed E-state index contributed by atoms with van der Waals surface area (Å²) in [5, 5.41) is 8.10. The number of carbonyl (C=O) groups excluding carboxylic acids is 6. The van der Waals surface area contributed by atoms with E-state index < -0.39 is 59.9 Å². The number of ether oxygens (including phenoxy) is 3. The number of hydrogen-bond acceptors (Lipinski definition) is 9. The van der Waals surface area contributed by atoms with Gasteiger partial charge in [-0.15, -0.1) is 0 Å². The SMILES string of the molecule is CCOC(=O)C=CCCC(NC(=O)OCc1ccccc1)C(=O)NC(C(=O)N1CCCC1C(=O)NC(CC(C)C)C(=O)OC)C(C)C. The first-order chi connectivity index (χ1) is 22.4. The highest BCUT2D eigenvalue weighted by Crippen LogP contribution is 2.21. The number of methoxy groups -OCH3 is 1. The number of alkyl carbamates (subject to hydrolysis) is 1. The summed E-state index contributed by atoms with van der Waals surface area (Å²) < 4.78 is 15.1. The van der Waals surface area contributed by atoms with E-state index in [-0.39, 0.29) is 37.9 Å². The van der Waals surface area contributed by atoms with Gasteiger partial charge >= 0.3 is 18.0 Å². The number of rotatable bonds is 17. The largest absolute Gasteiger partial charge is 0.467 e. The molecule has 0 aromatic heterocycles. The minimum absolute atomic E-state index is 0.0106. The van der Waals surface area contributed by atoms with Crippen molar-refractivity contribution in [3.05, 3.63) is 48.0 Å². The Morgan fingerprint density at radius 3 is 2.28 bits per heavy atom. The van der Waals surface area contributed by atoms with E-state index in [1.165, 1.54) is 24.2 Å². The molecule has 4 amide bonds. The predicted octanol–water partition coefficient (Wildman–Crippen LogP) is 3.02. The normalized spacial score (nSPS) is 16.3. The van der Waals surface area contributed by atoms with Crippen molar-refractivity contribution in [3.63, 3.8) is 0 Å². The molecule has 13 heteroatoms. The molecule has 47 heavy (non-hydrogen) atoms. The van der Waals surface area contributed by atoms with Crippen molar-refractivity contribution in [3.8, 4) is 0 Å². The van der Waals surface area contributed by atoms with Gasteiger partial charge in [0, 0.05) is 12.6 Å². The standard InChI is InChI=1S/C34H50N4O9/c1-7-46-28(39)18-12-11-16-25(36-34(44)47-21-24-14-9-8-10-15-24)30(40)37-29(23(4)5)32(42)38-19-13-17-27(38)31(41)35-26(20-22(2)3)33(43)45-6/h8-10,12,14-15,18,22-23,25-27,29H,7,11,13,16-17,19-21H2,1-6H3,(H,35,41)(H,36,44)(H,37,40). The molecule has 1 aliphatic rings. The summed E-state index contributed by atoms with van der Waals surface area (Å²) in [6.07, 6.45) is 3.64. The number of allylic oxidation sites excluding steroid dienone is 1. The summed E-state index contributed by atoms with van der Waals surface area (Å²) in [6, 6.07) is 5.25. The topological polar surface area (TPSA) is 169 Å². The Hall–Kier alpha value is -4.42. The first-order valence-corrected chi connectivity index (χ1v) is 16.2. The van der Waals surface area contributed by atoms with Crippen molar-refractivity contribution >= 4 is 35.8 Å². The molecule has 1 saturated heterocycles. The van der Waals surface area contributed by atoms with Gasteiger partial charge in [0.2, 0.25) is 17.7 Å². The van der Waals surface area contributed by atoms with Crippen LogP contribution >= 0.6 is 0 Å². The first-order valence-electron chi connectivity index (χ1n) is 16.2. The minimum Gasteiger partial charge on any atom is -0.467 e. The highest BCUT2D eigenvalue weighted by molar-refractivity contribution is 5.95. The Kier molecular flexibility index (Phi) is 16.5. The lowest BCUT2D eigenvalue weighted by atomic mass is 10.0. The average molecular weight is 659 g/mol. The fourth-order valence-corrected chi connectivity index (χ4v) is 5.15. The van der Waals surface area contributed by atoms with E-state index in [4.69, 9.17) is 14.2 Å². The zero-order valence-electron chi connectivity index (χ0n) is 28.3. The van der Waals surface area contributed by atoms with E-state index in [1.807, 2.05) is 32.0 Å². The van der Waals surface area contributed by atoms with Crippen LogP contribution in [0, 0.1) is 11.8 Å². The first kappa shape index (κ1) is 38.8. The molecule has 1 aromatic rings. The van der Waals surface area contributed by atoms with Gasteiger partial charge in [-0.25, -0.2) is 14.4 Å². The Balaban J connectivity index is 2.17. The maximum atomic E-state index is 13.9. The van der Waals surface area contributed by atoms with Crippen LogP contribution in [0.2, 0.25) is 0 Å². The lowest BCUT2D eigenvalue weighted by Crippen LogP contribution is -2.59. The molecule has 1 heterocycles. The Morgan fingerprint density at radius 1 is 0.957 bits per heavy atom. The second-order valence-electron chi connectivity index (χ2n) is 12.1. The number of carbonyl (C=O) groups is 6. The second kappa shape index (κ2) is 20.0. The summed E-state index contributed by atoms with van der Waals surface area (Å²) in [4.78, 5) is 78.9. The van der Waals surface area contributed by atoms with Gasteiger partial charge in [-0.1, -0.05) is 64.1 Å². The number of benzene rings is 1. The van der Waals surface area contributed by atoms with Gasteiger partial charge in [0.05, 0.1) is 13.7 Å². The van der Waals surface area contributed by atoms with Gasteiger partial charge in [0.1, 0.15) is 30.8 Å². The Labute approximate surface area is 277 Å². The molecule has 13 nitrogen and oxygen atoms in total. The molecule has 0 aliphatic carbocycles. The van der Waals surface area contributed by atoms with Crippen LogP contribution in [0.3, 0.4) is 0 Å². The fourth-order valence-electron chi connectivity index (χ4n) is 5.15. The summed E-state index contributed by atoms with van der Waals surface area (Å²) in [5.74, 6) is -2.88. The maximum absolute atomic E-state index is 13.9. The highest BCUT2D eigenvalue weighted by Gasteiger charge is 2.40. The summed E-state index contributed by atoms with van der Waals surface area (Å²) >= 11 is 0. The predicted molar refractivity (Wildman–Crippen MR) is 173 cm³/mol. The van der Waals surface area contributed by atoms with Gasteiger partial charge in [-0.05, 0) is 56.4 Å². The van der Waals surface area contributed by atoms with Crippen molar-refractivity contribution in [2.45, 2.75) is 97.5 Å². The molecular weight excluding hydrogens is 608 g/mol. The third-order valence-corrected chi connectivity index (χ3v) is 7.56. The number of amides is 4. The van der Waals surface area contributed by atoms with Gasteiger partial charge in [-0.3, -0.25) is 14.4 Å². The number of likely N-dealkylation sites (tertiary alicyclic amines) is 1. The van der Waals surface area contributed by atoms with Gasteiger partial charge in [0.15, 0.2) is 0 Å². The van der Waals surface area contributed by atoms with Crippen LogP contribution in [0.4, 0.5) is 4.79 Å². The molecule has 0 radical (unpaired) electrons. The maximum Gasteiger partial charge on any atom is 0.408 e. The number of esters is 2. The van der Waals surface area contributed by atoms with Crippen molar-refractivity contribution in [2.75, 3.05) is 20.3 Å². The monoisotopic (exact) mass is 658 g/mol. The van der Waals surface area contributed by atoms with Gasteiger partial charge < -0.3 is 35.1 Å². The van der Waals surface area contributed by atoms with Gasteiger partial charge in [-0.2, -0.15) is 0 Å². The highest BCUT2D eigenvalue weighted by atomic mass is 16.5. The van der Waals surface area contributed by atoms with Crippen molar-refractivity contribution in [2.24, 2.45) is 11.8 Å². The molecule has 0 saturated carbocycles. The third-order valence-electron chi connectivity index (χ3n) is 7.56. The number of nitrogens with one attached hydrogen (secondary N) is 3. The van der Waals surface area contributed by atoms with Gasteiger partial charge in [0.25, 0.3) is 0 Å². The fraction of sp³-hybridized carbons (Fsp3) is 0.588. The van der Waals surface area contributed by atoms with Crippen LogP contribution in [0.5, 0.6) is 0 Å². The number of nitrogens with zero attached hydrogens (tertiary/aromatic N) is 1. The molecule has 260 valence electrons. The smallest absolute Gasteiger partial charge is 0.408 e. The molecule has 3 N–H and O–H groups in total. The van der Waals surface area contributed by atoms with Crippen LogP contribution in [-0.4, -0.2) is 85.1 Å². The second-order valence-corrected chi connectivity index (χ2v) is 12.1. The van der Waals surface area contributed by atoms with Crippen LogP contribution in [0.1, 0.15) is 72.3 Å². The molecule has 1 aromatic carbocycles. The average Bonchev–Trinajstić information content (AvgIpc) is 3.53. The Morgan fingerprint density at radius 2 is 1.66 bits per heavy atom. The van der Waals surface area contributed by atoms with E-state index in [0.29, 0.717) is 25.8 Å². The van der Waals surface area contributed by atoms with Crippen molar-refractivity contribution < 1.29 is 43.0 Å². The lowest BCUT2D eigenvalue weighted by Gasteiger charge is -2.32. The zero-order chi connectivity index (χ0) is 34.9. The van der Waals surface area contributed by atoms with E-state index in [9.17, 15) is 28.8 Å². The van der Waals surface area contributed by atoms with Crippen LogP contribution in [0.15, 0.2) is 42.5 Å². The molecular formula is C34H50N4O9. The summed E-state index contributed by atoms with van der Waals surface area (Å²) in [6.45, 7) is 9.57. The molecule has 0 bridgehead atoms. The molecule has 4 atom stereocenters. The quantitative estimate of drug-likeness (QED) is 0.129. The lowest BCUT2D eigenvalue weighted by molar-refractivity contribution is -0.147. The van der Waals surface area contributed by atoms with E-state index in [2.05, 4.69) is 16.0 Å². The molecule has 0 spiro atoms. The van der Waals surface area contributed by atoms with E-state index in [0.717, 1.165) is 5.56 Å². The summed E-state index contributed by atoms with van der Waals surface area (Å²) in [5.41, 5.74) is 0.762. The van der Waals surface area contributed by atoms with Crippen LogP contribution in [0.25, 0.3) is 0 Å². The van der Waals surface area contributed by atoms with E-state index >= 15 is 0 Å². The van der Waals surface area contributed by atoms with Crippen molar-refractivity contribution in [1.82, 2.24) is 20.9 Å². The minimum atomic E-state index is -1.10. The molecule has 1 aliphatic heterocycles. The Bertz CT molecular complexity index is 1240. The third kappa shape index (κ3) is 13.1. The molecule has 4 unspecified atom stereocenters. The number of hydrogen-bond donors (Lipinski definition) is 3. The molecule has 2 rings (SSSR count). The van der Waals surface area contributed by atoms with E-state index in [1.54, 1.807) is 32.9 Å².